The summed E-state index contributed by atoms with van der Waals surface area (Å²) in [6, 6.07) is 0. The van der Waals surface area contributed by atoms with Crippen molar-refractivity contribution in [2.75, 3.05) is 32.4 Å². The smallest absolute Gasteiger partial charge is 0.265 e. The first-order chi connectivity index (χ1) is 10.3. The van der Waals surface area contributed by atoms with E-state index < -0.39 is 10.1 Å². The maximum atomic E-state index is 11.1. The molecule has 1 rings (SSSR count). The van der Waals surface area contributed by atoms with E-state index in [1.807, 2.05) is 0 Å². The Hall–Kier alpha value is -0.130. The summed E-state index contributed by atoms with van der Waals surface area (Å²) in [6.45, 7) is 7.43. The molecule has 22 heavy (non-hydrogen) atoms. The fraction of sp³-hybridized carbons (Fsp3) is 1.00. The van der Waals surface area contributed by atoms with Crippen LogP contribution in [-0.4, -0.2) is 49.9 Å². The molecule has 0 aliphatic carbocycles. The molecule has 0 saturated carbocycles. The summed E-state index contributed by atoms with van der Waals surface area (Å²) in [5.74, 6) is 0.411. The molecule has 0 aromatic heterocycles. The van der Waals surface area contributed by atoms with Crippen molar-refractivity contribution in [1.82, 2.24) is 0 Å². The summed E-state index contributed by atoms with van der Waals surface area (Å²) in [6.07, 6.45) is 10.6. The van der Waals surface area contributed by atoms with Crippen LogP contribution in [0, 0.1) is 11.8 Å². The highest BCUT2D eigenvalue weighted by Gasteiger charge is 2.41. The van der Waals surface area contributed by atoms with Gasteiger partial charge in [0.05, 0.1) is 32.4 Å². The molecular weight excluding hydrogens is 298 g/mol. The number of likely N-dealkylation sites (tertiary alicyclic amines) is 1. The van der Waals surface area contributed by atoms with E-state index in [9.17, 15) is 8.42 Å². The highest BCUT2D eigenvalue weighted by molar-refractivity contribution is 7.85. The van der Waals surface area contributed by atoms with E-state index in [4.69, 9.17) is 4.55 Å². The van der Waals surface area contributed by atoms with Gasteiger partial charge in [-0.15, -0.1) is 0 Å². The van der Waals surface area contributed by atoms with E-state index in [1.54, 1.807) is 0 Å². The first-order valence-electron chi connectivity index (χ1n) is 9.04. The van der Waals surface area contributed by atoms with Gasteiger partial charge in [-0.25, -0.2) is 0 Å². The third-order valence-electron chi connectivity index (χ3n) is 5.18. The molecule has 5 heteroatoms. The van der Waals surface area contributed by atoms with Gasteiger partial charge in [0, 0.05) is 11.8 Å². The van der Waals surface area contributed by atoms with E-state index in [0.717, 1.165) is 24.1 Å². The van der Waals surface area contributed by atoms with Gasteiger partial charge in [0.2, 0.25) is 0 Å². The average molecular weight is 335 g/mol. The molecule has 1 heterocycles. The normalized spacial score (nSPS) is 29.1. The molecule has 0 radical (unpaired) electrons. The van der Waals surface area contributed by atoms with Crippen LogP contribution in [-0.2, 0) is 10.1 Å². The largest absolute Gasteiger partial charge is 0.326 e. The molecule has 0 aromatic rings. The van der Waals surface area contributed by atoms with Crippen molar-refractivity contribution < 1.29 is 17.5 Å². The van der Waals surface area contributed by atoms with Crippen molar-refractivity contribution in [2.45, 2.75) is 65.2 Å². The van der Waals surface area contributed by atoms with Gasteiger partial charge in [0.1, 0.15) is 0 Å². The summed E-state index contributed by atoms with van der Waals surface area (Å²) < 4.78 is 32.2. The van der Waals surface area contributed by atoms with Gasteiger partial charge in [-0.05, 0) is 12.8 Å². The Kier molecular flexibility index (Phi) is 8.36. The minimum atomic E-state index is -3.84. The standard InChI is InChI=1S/C17H35NO3S/c1-4-5-6-7-8-9-10-11-12-18(3)13-16(2)17(14-18)15-22(19,20)21/h16-17H,4-15H2,1-3H3/p+1. The van der Waals surface area contributed by atoms with Crippen LogP contribution in [0.5, 0.6) is 0 Å². The molecule has 132 valence electrons. The zero-order valence-electron chi connectivity index (χ0n) is 14.8. The van der Waals surface area contributed by atoms with Crippen molar-refractivity contribution in [1.29, 1.82) is 0 Å². The van der Waals surface area contributed by atoms with Gasteiger partial charge in [-0.1, -0.05) is 52.4 Å². The molecule has 0 amide bonds. The second-order valence-electron chi connectivity index (χ2n) is 7.67. The predicted molar refractivity (Wildman–Crippen MR) is 92.5 cm³/mol. The molecule has 1 saturated heterocycles. The fourth-order valence-electron chi connectivity index (χ4n) is 3.96. The van der Waals surface area contributed by atoms with Crippen molar-refractivity contribution in [3.8, 4) is 0 Å². The number of quaternary nitrogens is 1. The molecular formula is C17H36NO3S+. The first kappa shape index (κ1) is 19.9. The van der Waals surface area contributed by atoms with Crippen LogP contribution in [0.3, 0.4) is 0 Å². The number of hydrogen-bond donors (Lipinski definition) is 1. The second-order valence-corrected chi connectivity index (χ2v) is 9.17. The van der Waals surface area contributed by atoms with Gasteiger partial charge >= 0.3 is 0 Å². The van der Waals surface area contributed by atoms with Crippen LogP contribution in [0.4, 0.5) is 0 Å². The molecule has 4 nitrogen and oxygen atoms in total. The molecule has 0 aromatic carbocycles. The van der Waals surface area contributed by atoms with Crippen LogP contribution in [0.25, 0.3) is 0 Å². The molecule has 0 spiro atoms. The van der Waals surface area contributed by atoms with Crippen LogP contribution in [0.15, 0.2) is 0 Å². The van der Waals surface area contributed by atoms with E-state index in [-0.39, 0.29) is 11.7 Å². The topological polar surface area (TPSA) is 54.4 Å². The number of unbranched alkanes of at least 4 members (excludes halogenated alkanes) is 7. The van der Waals surface area contributed by atoms with Crippen LogP contribution < -0.4 is 0 Å². The Morgan fingerprint density at radius 2 is 1.55 bits per heavy atom. The quantitative estimate of drug-likeness (QED) is 0.356. The fourth-order valence-corrected chi connectivity index (χ4v) is 4.94. The van der Waals surface area contributed by atoms with E-state index in [1.165, 1.54) is 51.4 Å². The molecule has 1 fully saturated rings. The van der Waals surface area contributed by atoms with Crippen molar-refractivity contribution in [3.63, 3.8) is 0 Å². The van der Waals surface area contributed by atoms with Crippen molar-refractivity contribution >= 4 is 10.1 Å². The third kappa shape index (κ3) is 7.93. The van der Waals surface area contributed by atoms with Gasteiger partial charge in [0.15, 0.2) is 0 Å². The van der Waals surface area contributed by atoms with E-state index in [2.05, 4.69) is 20.9 Å². The minimum Gasteiger partial charge on any atom is -0.326 e. The number of nitrogens with zero attached hydrogens (tertiary/aromatic N) is 1. The summed E-state index contributed by atoms with van der Waals surface area (Å²) in [4.78, 5) is 0. The highest BCUT2D eigenvalue weighted by Crippen LogP contribution is 2.29. The minimum absolute atomic E-state index is 0.0700. The Bertz CT molecular complexity index is 410. The van der Waals surface area contributed by atoms with Gasteiger partial charge in [-0.3, -0.25) is 4.55 Å². The SMILES string of the molecule is CCCCCCCCCC[N+]1(C)CC(C)C(CS(=O)(=O)O)C1. The lowest BCUT2D eigenvalue weighted by atomic mass is 10.0. The van der Waals surface area contributed by atoms with Gasteiger partial charge in [-0.2, -0.15) is 8.42 Å². The zero-order valence-corrected chi connectivity index (χ0v) is 15.6. The lowest BCUT2D eigenvalue weighted by molar-refractivity contribution is -0.900. The molecule has 1 aliphatic heterocycles. The monoisotopic (exact) mass is 334 g/mol. The predicted octanol–water partition coefficient (Wildman–Crippen LogP) is 3.73. The van der Waals surface area contributed by atoms with Crippen LogP contribution in [0.1, 0.15) is 65.2 Å². The average Bonchev–Trinajstić information content (AvgIpc) is 2.66. The van der Waals surface area contributed by atoms with Gasteiger partial charge < -0.3 is 4.48 Å². The lowest BCUT2D eigenvalue weighted by Gasteiger charge is -2.30. The van der Waals surface area contributed by atoms with E-state index >= 15 is 0 Å². The van der Waals surface area contributed by atoms with Gasteiger partial charge in [0.25, 0.3) is 10.1 Å². The van der Waals surface area contributed by atoms with Crippen molar-refractivity contribution in [3.05, 3.63) is 0 Å². The second kappa shape index (κ2) is 9.24. The zero-order chi connectivity index (χ0) is 16.6. The van der Waals surface area contributed by atoms with Crippen LogP contribution >= 0.6 is 0 Å². The molecule has 1 N–H and O–H groups in total. The summed E-state index contributed by atoms with van der Waals surface area (Å²) in [5, 5.41) is 0. The number of rotatable bonds is 11. The molecule has 0 bridgehead atoms. The first-order valence-corrected chi connectivity index (χ1v) is 10.7. The van der Waals surface area contributed by atoms with E-state index in [0.29, 0.717) is 5.92 Å². The van der Waals surface area contributed by atoms with Crippen molar-refractivity contribution in [2.24, 2.45) is 11.8 Å². The summed E-state index contributed by atoms with van der Waals surface area (Å²) >= 11 is 0. The highest BCUT2D eigenvalue weighted by atomic mass is 32.2. The third-order valence-corrected chi connectivity index (χ3v) is 6.03. The van der Waals surface area contributed by atoms with Crippen LogP contribution in [0.2, 0.25) is 0 Å². The maximum absolute atomic E-state index is 11.1. The number of hydrogen-bond acceptors (Lipinski definition) is 2. The Morgan fingerprint density at radius 3 is 2.09 bits per heavy atom. The Morgan fingerprint density at radius 1 is 1.00 bits per heavy atom. The molecule has 3 unspecified atom stereocenters. The Balaban J connectivity index is 2.20. The molecule has 3 atom stereocenters. The molecule has 1 aliphatic rings. The maximum Gasteiger partial charge on any atom is 0.265 e. The summed E-state index contributed by atoms with van der Waals surface area (Å²) in [7, 11) is -1.60. The summed E-state index contributed by atoms with van der Waals surface area (Å²) in [5.41, 5.74) is 0. The lowest BCUT2D eigenvalue weighted by Crippen LogP contribution is -2.43. The Labute approximate surface area is 137 Å².